The zero-order valence-corrected chi connectivity index (χ0v) is 14.8. The topological polar surface area (TPSA) is 75.7 Å². The van der Waals surface area contributed by atoms with E-state index >= 15 is 0 Å². The first kappa shape index (κ1) is 19.7. The third kappa shape index (κ3) is 6.81. The molecule has 6 heteroatoms. The summed E-state index contributed by atoms with van der Waals surface area (Å²) in [5, 5.41) is 2.74. The summed E-state index contributed by atoms with van der Waals surface area (Å²) in [7, 11) is 0. The molecule has 0 radical (unpaired) electrons. The van der Waals surface area contributed by atoms with Crippen LogP contribution in [0.3, 0.4) is 0 Å². The van der Waals surface area contributed by atoms with Crippen LogP contribution in [0.1, 0.15) is 40.5 Å². The van der Waals surface area contributed by atoms with Crippen molar-refractivity contribution >= 4 is 28.8 Å². The summed E-state index contributed by atoms with van der Waals surface area (Å²) in [6.07, 6.45) is 0.766. The highest BCUT2D eigenvalue weighted by Crippen LogP contribution is 2.32. The van der Waals surface area contributed by atoms with Gasteiger partial charge in [0.1, 0.15) is 17.3 Å². The third-order valence-electron chi connectivity index (χ3n) is 3.39. The average molecular weight is 334 g/mol. The molecule has 0 fully saturated rings. The Bertz CT molecular complexity index is 581. The predicted molar refractivity (Wildman–Crippen MR) is 94.7 cm³/mol. The SMILES string of the molecule is CCOc1ccc(NC(C)=O)cc1N(CCC(C)=O)CCC(C)=O. The van der Waals surface area contributed by atoms with Crippen molar-refractivity contribution in [1.29, 1.82) is 0 Å². The van der Waals surface area contributed by atoms with Crippen molar-refractivity contribution in [3.8, 4) is 5.75 Å². The molecule has 1 rings (SSSR count). The minimum absolute atomic E-state index is 0.0822. The van der Waals surface area contributed by atoms with Crippen LogP contribution >= 0.6 is 0 Å². The highest BCUT2D eigenvalue weighted by Gasteiger charge is 2.15. The van der Waals surface area contributed by atoms with Gasteiger partial charge in [-0.2, -0.15) is 0 Å². The molecule has 0 bridgehead atoms. The maximum Gasteiger partial charge on any atom is 0.221 e. The van der Waals surface area contributed by atoms with Crippen LogP contribution in [0.25, 0.3) is 0 Å². The van der Waals surface area contributed by atoms with Crippen LogP contribution < -0.4 is 15.0 Å². The van der Waals surface area contributed by atoms with Gasteiger partial charge in [0.2, 0.25) is 5.91 Å². The molecule has 1 amide bonds. The monoisotopic (exact) mass is 334 g/mol. The van der Waals surface area contributed by atoms with Crippen LogP contribution in [0.15, 0.2) is 18.2 Å². The number of hydrogen-bond acceptors (Lipinski definition) is 5. The highest BCUT2D eigenvalue weighted by atomic mass is 16.5. The molecule has 0 heterocycles. The van der Waals surface area contributed by atoms with Gasteiger partial charge in [0.15, 0.2) is 0 Å². The smallest absolute Gasteiger partial charge is 0.221 e. The fourth-order valence-corrected chi connectivity index (χ4v) is 2.26. The van der Waals surface area contributed by atoms with Crippen LogP contribution in [0.5, 0.6) is 5.75 Å². The molecule has 0 unspecified atom stereocenters. The lowest BCUT2D eigenvalue weighted by Crippen LogP contribution is -2.28. The van der Waals surface area contributed by atoms with Crippen molar-refractivity contribution < 1.29 is 19.1 Å². The second-order valence-corrected chi connectivity index (χ2v) is 5.69. The number of benzene rings is 1. The Kier molecular flexibility index (Phi) is 7.95. The van der Waals surface area contributed by atoms with Crippen LogP contribution in [0, 0.1) is 0 Å². The normalized spacial score (nSPS) is 10.2. The molecule has 0 aliphatic carbocycles. The Hall–Kier alpha value is -2.37. The number of Topliss-reactive ketones (excluding diaryl/α,β-unsaturated/α-hetero) is 2. The van der Waals surface area contributed by atoms with Gasteiger partial charge in [0.25, 0.3) is 0 Å². The van der Waals surface area contributed by atoms with E-state index in [0.717, 1.165) is 5.69 Å². The van der Waals surface area contributed by atoms with Crippen LogP contribution in [-0.4, -0.2) is 37.2 Å². The molecule has 0 saturated heterocycles. The molecule has 1 aromatic carbocycles. The van der Waals surface area contributed by atoms with E-state index in [9.17, 15) is 14.4 Å². The van der Waals surface area contributed by atoms with E-state index in [2.05, 4.69) is 5.32 Å². The van der Waals surface area contributed by atoms with E-state index in [0.29, 0.717) is 44.0 Å². The van der Waals surface area contributed by atoms with Gasteiger partial charge in [-0.3, -0.25) is 14.4 Å². The van der Waals surface area contributed by atoms with Crippen molar-refractivity contribution in [1.82, 2.24) is 0 Å². The maximum absolute atomic E-state index is 11.4. The summed E-state index contributed by atoms with van der Waals surface area (Å²) in [6, 6.07) is 5.37. The van der Waals surface area contributed by atoms with E-state index in [-0.39, 0.29) is 17.5 Å². The molecule has 0 aromatic heterocycles. The van der Waals surface area contributed by atoms with E-state index in [1.165, 1.54) is 6.92 Å². The van der Waals surface area contributed by atoms with Gasteiger partial charge in [-0.25, -0.2) is 0 Å². The Morgan fingerprint density at radius 1 is 1.04 bits per heavy atom. The van der Waals surface area contributed by atoms with Gasteiger partial charge >= 0.3 is 0 Å². The summed E-state index contributed by atoms with van der Waals surface area (Å²) >= 11 is 0. The first-order chi connectivity index (χ1) is 11.3. The Morgan fingerprint density at radius 3 is 2.08 bits per heavy atom. The molecule has 0 atom stereocenters. The summed E-state index contributed by atoms with van der Waals surface area (Å²) in [6.45, 7) is 7.90. The molecular formula is C18H26N2O4. The first-order valence-corrected chi connectivity index (χ1v) is 8.11. The molecule has 24 heavy (non-hydrogen) atoms. The third-order valence-corrected chi connectivity index (χ3v) is 3.39. The van der Waals surface area contributed by atoms with E-state index in [4.69, 9.17) is 4.74 Å². The molecule has 132 valence electrons. The number of carbonyl (C=O) groups excluding carboxylic acids is 3. The summed E-state index contributed by atoms with van der Waals surface area (Å²) in [4.78, 5) is 36.0. The number of ketones is 2. The molecule has 6 nitrogen and oxygen atoms in total. The second-order valence-electron chi connectivity index (χ2n) is 5.69. The number of anilines is 2. The Balaban J connectivity index is 3.15. The van der Waals surface area contributed by atoms with Crippen molar-refractivity contribution in [2.24, 2.45) is 0 Å². The number of nitrogens with zero attached hydrogens (tertiary/aromatic N) is 1. The van der Waals surface area contributed by atoms with E-state index < -0.39 is 0 Å². The minimum atomic E-state index is -0.163. The fraction of sp³-hybridized carbons (Fsp3) is 0.500. The van der Waals surface area contributed by atoms with E-state index in [1.54, 1.807) is 26.0 Å². The van der Waals surface area contributed by atoms with Gasteiger partial charge in [-0.05, 0) is 39.0 Å². The summed E-state index contributed by atoms with van der Waals surface area (Å²) < 4.78 is 5.67. The molecule has 1 aromatic rings. The van der Waals surface area contributed by atoms with Crippen LogP contribution in [0.2, 0.25) is 0 Å². The van der Waals surface area contributed by atoms with Gasteiger partial charge in [-0.15, -0.1) is 0 Å². The number of carbonyl (C=O) groups is 3. The molecule has 0 saturated carbocycles. The van der Waals surface area contributed by atoms with Gasteiger partial charge in [-0.1, -0.05) is 0 Å². The molecular weight excluding hydrogens is 308 g/mol. The van der Waals surface area contributed by atoms with Crippen molar-refractivity contribution in [2.75, 3.05) is 29.9 Å². The summed E-state index contributed by atoms with van der Waals surface area (Å²) in [5.74, 6) is 0.667. The Labute approximate surface area is 143 Å². The lowest BCUT2D eigenvalue weighted by Gasteiger charge is -2.27. The zero-order valence-electron chi connectivity index (χ0n) is 14.8. The number of nitrogens with one attached hydrogen (secondary N) is 1. The lowest BCUT2D eigenvalue weighted by molar-refractivity contribution is -0.117. The fourth-order valence-electron chi connectivity index (χ4n) is 2.26. The standard InChI is InChI=1S/C18H26N2O4/c1-5-24-18-7-6-16(19-15(4)23)12-17(18)20(10-8-13(2)21)11-9-14(3)22/h6-7,12H,5,8-11H2,1-4H3,(H,19,23). The molecule has 0 spiro atoms. The van der Waals surface area contributed by atoms with E-state index in [1.807, 2.05) is 17.9 Å². The number of amides is 1. The lowest BCUT2D eigenvalue weighted by atomic mass is 10.2. The first-order valence-electron chi connectivity index (χ1n) is 8.11. The maximum atomic E-state index is 11.4. The zero-order chi connectivity index (χ0) is 18.1. The van der Waals surface area contributed by atoms with Gasteiger partial charge in [0.05, 0.1) is 12.3 Å². The second kappa shape index (κ2) is 9.70. The Morgan fingerprint density at radius 2 is 1.62 bits per heavy atom. The van der Waals surface area contributed by atoms with Crippen molar-refractivity contribution in [3.05, 3.63) is 18.2 Å². The van der Waals surface area contributed by atoms with Gasteiger partial charge < -0.3 is 15.0 Å². The quantitative estimate of drug-likeness (QED) is 0.712. The number of ether oxygens (including phenoxy) is 1. The van der Waals surface area contributed by atoms with Crippen LogP contribution in [-0.2, 0) is 14.4 Å². The number of rotatable bonds is 10. The minimum Gasteiger partial charge on any atom is -0.492 e. The highest BCUT2D eigenvalue weighted by molar-refractivity contribution is 5.89. The van der Waals surface area contributed by atoms with Gasteiger partial charge in [0, 0.05) is 38.5 Å². The van der Waals surface area contributed by atoms with Crippen molar-refractivity contribution in [3.63, 3.8) is 0 Å². The predicted octanol–water partition coefficient (Wildman–Crippen LogP) is 2.81. The molecule has 1 N–H and O–H groups in total. The number of hydrogen-bond donors (Lipinski definition) is 1. The average Bonchev–Trinajstić information content (AvgIpc) is 2.48. The molecule has 0 aliphatic rings. The summed E-state index contributed by atoms with van der Waals surface area (Å²) in [5.41, 5.74) is 1.42. The van der Waals surface area contributed by atoms with Crippen LogP contribution in [0.4, 0.5) is 11.4 Å². The largest absolute Gasteiger partial charge is 0.492 e. The molecule has 0 aliphatic heterocycles. The van der Waals surface area contributed by atoms with Crippen molar-refractivity contribution in [2.45, 2.75) is 40.5 Å².